The quantitative estimate of drug-likeness (QED) is 0.659. The summed E-state index contributed by atoms with van der Waals surface area (Å²) in [7, 11) is -0.0918. The molecule has 0 saturated carbocycles. The van der Waals surface area contributed by atoms with E-state index in [4.69, 9.17) is 10.5 Å². The minimum Gasteiger partial charge on any atom is -0.385 e. The predicted octanol–water partition coefficient (Wildman–Crippen LogP) is -0.130. The Morgan fingerprint density at radius 3 is 2.83 bits per heavy atom. The average Bonchev–Trinajstić information content (AvgIpc) is 2.39. The molecule has 2 N–H and O–H groups in total. The standard InChI is InChI=1S/C11H25N3O3S/c1-13(6-4-8-17-2)18(15,16)14-7-3-5-11(9-12)10-14/h11H,3-10,12H2,1-2H3. The molecule has 1 aliphatic heterocycles. The van der Waals surface area contributed by atoms with Crippen LogP contribution in [0.15, 0.2) is 0 Å². The maximum atomic E-state index is 12.3. The largest absolute Gasteiger partial charge is 0.385 e. The van der Waals surface area contributed by atoms with Crippen molar-refractivity contribution in [2.45, 2.75) is 19.3 Å². The first-order chi connectivity index (χ1) is 8.52. The molecule has 0 aromatic carbocycles. The molecule has 6 nitrogen and oxygen atoms in total. The fourth-order valence-electron chi connectivity index (χ4n) is 2.17. The maximum absolute atomic E-state index is 12.3. The van der Waals surface area contributed by atoms with Crippen LogP contribution in [0.25, 0.3) is 0 Å². The van der Waals surface area contributed by atoms with E-state index >= 15 is 0 Å². The molecule has 1 rings (SSSR count). The zero-order valence-electron chi connectivity index (χ0n) is 11.3. The van der Waals surface area contributed by atoms with Gasteiger partial charge >= 0.3 is 0 Å². The van der Waals surface area contributed by atoms with Gasteiger partial charge in [-0.3, -0.25) is 0 Å². The Hall–Kier alpha value is -0.210. The molecule has 0 aromatic heterocycles. The van der Waals surface area contributed by atoms with Gasteiger partial charge in [0.15, 0.2) is 0 Å². The van der Waals surface area contributed by atoms with Crippen LogP contribution < -0.4 is 5.73 Å². The normalized spacial score (nSPS) is 22.6. The summed E-state index contributed by atoms with van der Waals surface area (Å²) in [5, 5.41) is 0. The number of nitrogens with zero attached hydrogens (tertiary/aromatic N) is 2. The zero-order chi connectivity index (χ0) is 13.6. The molecule has 1 aliphatic rings. The van der Waals surface area contributed by atoms with Crippen molar-refractivity contribution in [1.29, 1.82) is 0 Å². The molecule has 18 heavy (non-hydrogen) atoms. The summed E-state index contributed by atoms with van der Waals surface area (Å²) in [6, 6.07) is 0. The third kappa shape index (κ3) is 4.17. The van der Waals surface area contributed by atoms with Crippen molar-refractivity contribution in [3.8, 4) is 0 Å². The lowest BCUT2D eigenvalue weighted by atomic mass is 10.0. The Bertz CT molecular complexity index is 334. The van der Waals surface area contributed by atoms with Gasteiger partial charge in [-0.1, -0.05) is 0 Å². The Morgan fingerprint density at radius 2 is 2.22 bits per heavy atom. The molecular formula is C11H25N3O3S. The second-order valence-corrected chi connectivity index (χ2v) is 6.81. The van der Waals surface area contributed by atoms with Crippen molar-refractivity contribution in [3.05, 3.63) is 0 Å². The van der Waals surface area contributed by atoms with Crippen LogP contribution in [-0.4, -0.2) is 64.0 Å². The van der Waals surface area contributed by atoms with E-state index in [0.29, 0.717) is 45.1 Å². The summed E-state index contributed by atoms with van der Waals surface area (Å²) in [4.78, 5) is 0. The molecule has 0 spiro atoms. The first-order valence-electron chi connectivity index (χ1n) is 6.42. The Kier molecular flexibility index (Phi) is 6.51. The molecule has 0 amide bonds. The molecular weight excluding hydrogens is 254 g/mol. The van der Waals surface area contributed by atoms with Gasteiger partial charge in [-0.05, 0) is 31.7 Å². The molecule has 0 radical (unpaired) electrons. The fourth-order valence-corrected chi connectivity index (χ4v) is 3.69. The predicted molar refractivity (Wildman–Crippen MR) is 71.4 cm³/mol. The first kappa shape index (κ1) is 15.8. The van der Waals surface area contributed by atoms with E-state index in [-0.39, 0.29) is 0 Å². The highest BCUT2D eigenvalue weighted by molar-refractivity contribution is 7.86. The van der Waals surface area contributed by atoms with Gasteiger partial charge in [0.2, 0.25) is 0 Å². The van der Waals surface area contributed by atoms with E-state index < -0.39 is 10.2 Å². The highest BCUT2D eigenvalue weighted by Crippen LogP contribution is 2.19. The Labute approximate surface area is 110 Å². The van der Waals surface area contributed by atoms with Crippen LogP contribution in [0.3, 0.4) is 0 Å². The number of nitrogens with two attached hydrogens (primary N) is 1. The second-order valence-electron chi connectivity index (χ2n) is 4.78. The smallest absolute Gasteiger partial charge is 0.281 e. The molecule has 7 heteroatoms. The molecule has 1 unspecified atom stereocenters. The number of rotatable bonds is 7. The lowest BCUT2D eigenvalue weighted by molar-refractivity contribution is 0.187. The van der Waals surface area contributed by atoms with E-state index in [9.17, 15) is 8.42 Å². The summed E-state index contributed by atoms with van der Waals surface area (Å²) in [6.45, 7) is 2.77. The topological polar surface area (TPSA) is 75.9 Å². The summed E-state index contributed by atoms with van der Waals surface area (Å²) in [6.07, 6.45) is 2.63. The molecule has 1 atom stereocenters. The van der Waals surface area contributed by atoms with Crippen LogP contribution in [0.2, 0.25) is 0 Å². The van der Waals surface area contributed by atoms with E-state index in [1.807, 2.05) is 0 Å². The fraction of sp³-hybridized carbons (Fsp3) is 1.00. The Morgan fingerprint density at radius 1 is 1.50 bits per heavy atom. The highest BCUT2D eigenvalue weighted by Gasteiger charge is 2.31. The monoisotopic (exact) mass is 279 g/mol. The van der Waals surface area contributed by atoms with Crippen LogP contribution in [0, 0.1) is 5.92 Å². The molecule has 1 saturated heterocycles. The minimum absolute atomic E-state index is 0.293. The molecule has 0 bridgehead atoms. The molecule has 0 aromatic rings. The first-order valence-corrected chi connectivity index (χ1v) is 7.82. The highest BCUT2D eigenvalue weighted by atomic mass is 32.2. The lowest BCUT2D eigenvalue weighted by Gasteiger charge is -2.33. The summed E-state index contributed by atoms with van der Waals surface area (Å²) in [5.74, 6) is 0.293. The minimum atomic E-state index is -3.33. The van der Waals surface area contributed by atoms with Crippen LogP contribution in [-0.2, 0) is 14.9 Å². The van der Waals surface area contributed by atoms with Gasteiger partial charge < -0.3 is 10.5 Å². The summed E-state index contributed by atoms with van der Waals surface area (Å²) in [5.41, 5.74) is 5.63. The van der Waals surface area contributed by atoms with Gasteiger partial charge in [0.1, 0.15) is 0 Å². The van der Waals surface area contributed by atoms with Crippen LogP contribution in [0.5, 0.6) is 0 Å². The van der Waals surface area contributed by atoms with Crippen molar-refractivity contribution in [2.75, 3.05) is 46.9 Å². The third-order valence-corrected chi connectivity index (χ3v) is 5.31. The number of piperidine rings is 1. The second kappa shape index (κ2) is 7.40. The number of methoxy groups -OCH3 is 1. The molecule has 108 valence electrons. The third-order valence-electron chi connectivity index (χ3n) is 3.36. The number of hydrogen-bond acceptors (Lipinski definition) is 4. The van der Waals surface area contributed by atoms with Crippen LogP contribution in [0.1, 0.15) is 19.3 Å². The van der Waals surface area contributed by atoms with Crippen molar-refractivity contribution in [2.24, 2.45) is 11.7 Å². The van der Waals surface area contributed by atoms with Gasteiger partial charge in [-0.2, -0.15) is 17.0 Å². The van der Waals surface area contributed by atoms with Gasteiger partial charge in [-0.25, -0.2) is 0 Å². The molecule has 1 fully saturated rings. The zero-order valence-corrected chi connectivity index (χ0v) is 12.2. The number of hydrogen-bond donors (Lipinski definition) is 1. The number of ether oxygens (including phenoxy) is 1. The van der Waals surface area contributed by atoms with Crippen molar-refractivity contribution >= 4 is 10.2 Å². The maximum Gasteiger partial charge on any atom is 0.281 e. The molecule has 0 aliphatic carbocycles. The average molecular weight is 279 g/mol. The van der Waals surface area contributed by atoms with Gasteiger partial charge in [0, 0.05) is 40.4 Å². The van der Waals surface area contributed by atoms with Crippen LogP contribution in [0.4, 0.5) is 0 Å². The molecule has 1 heterocycles. The van der Waals surface area contributed by atoms with Gasteiger partial charge in [0.05, 0.1) is 0 Å². The summed E-state index contributed by atoms with van der Waals surface area (Å²) >= 11 is 0. The van der Waals surface area contributed by atoms with E-state index in [1.54, 1.807) is 18.5 Å². The summed E-state index contributed by atoms with van der Waals surface area (Å²) < 4.78 is 32.5. The SMILES string of the molecule is COCCCN(C)S(=O)(=O)N1CCCC(CN)C1. The van der Waals surface area contributed by atoms with E-state index in [1.165, 1.54) is 4.31 Å². The lowest BCUT2D eigenvalue weighted by Crippen LogP contribution is -2.48. The van der Waals surface area contributed by atoms with Gasteiger partial charge in [0.25, 0.3) is 10.2 Å². The van der Waals surface area contributed by atoms with Crippen molar-refractivity contribution in [3.63, 3.8) is 0 Å². The van der Waals surface area contributed by atoms with E-state index in [0.717, 1.165) is 12.8 Å². The van der Waals surface area contributed by atoms with Crippen LogP contribution >= 0.6 is 0 Å². The van der Waals surface area contributed by atoms with E-state index in [2.05, 4.69) is 0 Å². The van der Waals surface area contributed by atoms with Gasteiger partial charge in [-0.15, -0.1) is 0 Å². The van der Waals surface area contributed by atoms with Crippen molar-refractivity contribution in [1.82, 2.24) is 8.61 Å². The Balaban J connectivity index is 2.55. The van der Waals surface area contributed by atoms with Crippen molar-refractivity contribution < 1.29 is 13.2 Å².